The maximum atomic E-state index is 10.5. The van der Waals surface area contributed by atoms with Crippen LogP contribution >= 0.6 is 0 Å². The van der Waals surface area contributed by atoms with Gasteiger partial charge in [0.2, 0.25) is 0 Å². The van der Waals surface area contributed by atoms with Crippen molar-refractivity contribution in [3.05, 3.63) is 33.9 Å². The molecule has 0 aliphatic heterocycles. The molecule has 0 heterocycles. The van der Waals surface area contributed by atoms with E-state index in [0.29, 0.717) is 6.29 Å². The maximum Gasteiger partial charge on any atom is 0.286 e. The van der Waals surface area contributed by atoms with Crippen LogP contribution in [-0.2, 0) is 4.79 Å². The van der Waals surface area contributed by atoms with Gasteiger partial charge >= 0.3 is 0 Å². The molecule has 0 aliphatic carbocycles. The van der Waals surface area contributed by atoms with Gasteiger partial charge in [-0.3, -0.25) is 14.9 Å². The predicted molar refractivity (Wildman–Crippen MR) is 50.5 cm³/mol. The molecule has 0 amide bonds. The summed E-state index contributed by atoms with van der Waals surface area (Å²) in [6, 6.07) is 4.10. The highest BCUT2D eigenvalue weighted by atomic mass is 16.6. The Morgan fingerprint density at radius 1 is 1.50 bits per heavy atom. The third kappa shape index (κ3) is 2.08. The minimum absolute atomic E-state index is 0.177. The van der Waals surface area contributed by atoms with Crippen molar-refractivity contribution in [1.82, 2.24) is 0 Å². The van der Waals surface area contributed by atoms with Gasteiger partial charge in [0.1, 0.15) is 5.56 Å². The van der Waals surface area contributed by atoms with E-state index in [-0.39, 0.29) is 16.9 Å². The Kier molecular flexibility index (Phi) is 2.82. The summed E-state index contributed by atoms with van der Waals surface area (Å²) in [5, 5.41) is 10.5. The molecule has 0 radical (unpaired) electrons. The zero-order valence-corrected chi connectivity index (χ0v) is 7.06. The van der Waals surface area contributed by atoms with Crippen molar-refractivity contribution in [3.63, 3.8) is 0 Å². The number of anilines is 1. The topological polar surface area (TPSA) is 86.2 Å². The quantitative estimate of drug-likeness (QED) is 0.232. The summed E-state index contributed by atoms with van der Waals surface area (Å²) in [6.45, 7) is 0. The van der Waals surface area contributed by atoms with E-state index in [0.717, 1.165) is 0 Å². The number of nitro groups is 1. The number of carbonyl (C=O) groups excluding carboxylic acids is 1. The molecule has 0 saturated carbocycles. The zero-order chi connectivity index (χ0) is 10.6. The highest BCUT2D eigenvalue weighted by molar-refractivity contribution is 5.75. The van der Waals surface area contributed by atoms with Gasteiger partial charge in [-0.05, 0) is 18.1 Å². The van der Waals surface area contributed by atoms with E-state index in [1.807, 2.05) is 0 Å². The highest BCUT2D eigenvalue weighted by Crippen LogP contribution is 2.20. The first-order chi connectivity index (χ1) is 6.65. The van der Waals surface area contributed by atoms with Crippen molar-refractivity contribution in [2.75, 3.05) is 5.73 Å². The average molecular weight is 190 g/mol. The average Bonchev–Trinajstić information content (AvgIpc) is 2.15. The second-order valence-electron chi connectivity index (χ2n) is 2.42. The van der Waals surface area contributed by atoms with Gasteiger partial charge in [-0.2, -0.15) is 0 Å². The van der Waals surface area contributed by atoms with Gasteiger partial charge in [0.25, 0.3) is 5.69 Å². The van der Waals surface area contributed by atoms with Gasteiger partial charge in [0, 0.05) is 11.8 Å². The van der Waals surface area contributed by atoms with Crippen LogP contribution < -0.4 is 5.73 Å². The van der Waals surface area contributed by atoms with Crippen LogP contribution in [0.15, 0.2) is 18.2 Å². The number of nitro benzene ring substituents is 1. The molecular formula is C9H6N2O3. The molecule has 1 rings (SSSR count). The number of nitrogens with zero attached hydrogens (tertiary/aromatic N) is 1. The monoisotopic (exact) mass is 190 g/mol. The molecule has 1 aromatic rings. The summed E-state index contributed by atoms with van der Waals surface area (Å²) in [7, 11) is 0. The summed E-state index contributed by atoms with van der Waals surface area (Å²) in [4.78, 5) is 19.9. The van der Waals surface area contributed by atoms with E-state index in [1.54, 1.807) is 0 Å². The highest BCUT2D eigenvalue weighted by Gasteiger charge is 2.11. The fourth-order valence-corrected chi connectivity index (χ4v) is 0.913. The Balaban J connectivity index is 3.28. The molecule has 14 heavy (non-hydrogen) atoms. The van der Waals surface area contributed by atoms with Crippen molar-refractivity contribution < 1.29 is 9.72 Å². The SMILES string of the molecule is Nc1ccc(C#CC=O)c([N+](=O)[O-])c1. The van der Waals surface area contributed by atoms with E-state index in [2.05, 4.69) is 11.8 Å². The van der Waals surface area contributed by atoms with E-state index in [4.69, 9.17) is 5.73 Å². The second kappa shape index (κ2) is 4.05. The first-order valence-corrected chi connectivity index (χ1v) is 3.64. The molecule has 0 spiro atoms. The summed E-state index contributed by atoms with van der Waals surface area (Å²) in [5.74, 6) is 4.46. The Bertz CT molecular complexity index is 443. The largest absolute Gasteiger partial charge is 0.399 e. The standard InChI is InChI=1S/C9H6N2O3/c10-8-4-3-7(2-1-5-12)9(6-8)11(13)14/h3-6H,10H2. The smallest absolute Gasteiger partial charge is 0.286 e. The molecule has 0 aromatic heterocycles. The third-order valence-corrected chi connectivity index (χ3v) is 1.48. The molecule has 0 unspecified atom stereocenters. The Morgan fingerprint density at radius 3 is 2.79 bits per heavy atom. The van der Waals surface area contributed by atoms with Crippen molar-refractivity contribution in [2.24, 2.45) is 0 Å². The lowest BCUT2D eigenvalue weighted by atomic mass is 10.1. The lowest BCUT2D eigenvalue weighted by molar-refractivity contribution is -0.385. The summed E-state index contributed by atoms with van der Waals surface area (Å²) in [6.07, 6.45) is 0.375. The van der Waals surface area contributed by atoms with Gasteiger partial charge in [-0.25, -0.2) is 0 Å². The number of carbonyl (C=O) groups is 1. The number of aldehydes is 1. The molecule has 0 fully saturated rings. The van der Waals surface area contributed by atoms with E-state index >= 15 is 0 Å². The molecule has 0 atom stereocenters. The minimum Gasteiger partial charge on any atom is -0.399 e. The third-order valence-electron chi connectivity index (χ3n) is 1.48. The number of nitrogens with two attached hydrogens (primary N) is 1. The number of nitrogen functional groups attached to an aromatic ring is 1. The number of hydrogen-bond acceptors (Lipinski definition) is 4. The van der Waals surface area contributed by atoms with Gasteiger partial charge in [-0.15, -0.1) is 0 Å². The zero-order valence-electron chi connectivity index (χ0n) is 7.06. The summed E-state index contributed by atoms with van der Waals surface area (Å²) < 4.78 is 0. The minimum atomic E-state index is -0.592. The number of rotatable bonds is 1. The molecule has 2 N–H and O–H groups in total. The lowest BCUT2D eigenvalue weighted by Crippen LogP contribution is -1.94. The first-order valence-electron chi connectivity index (χ1n) is 3.64. The predicted octanol–water partition coefficient (Wildman–Crippen LogP) is 0.727. The van der Waals surface area contributed by atoms with E-state index in [9.17, 15) is 14.9 Å². The van der Waals surface area contributed by atoms with E-state index in [1.165, 1.54) is 18.2 Å². The van der Waals surface area contributed by atoms with Crippen LogP contribution in [0.25, 0.3) is 0 Å². The Hall–Kier alpha value is -2.35. The molecule has 0 aliphatic rings. The second-order valence-corrected chi connectivity index (χ2v) is 2.42. The van der Waals surface area contributed by atoms with Crippen LogP contribution in [0.1, 0.15) is 5.56 Å². The molecule has 0 bridgehead atoms. The van der Waals surface area contributed by atoms with Crippen molar-refractivity contribution in [2.45, 2.75) is 0 Å². The molecule has 70 valence electrons. The van der Waals surface area contributed by atoms with Crippen LogP contribution in [0.3, 0.4) is 0 Å². The molecular weight excluding hydrogens is 184 g/mol. The number of benzene rings is 1. The molecule has 5 nitrogen and oxygen atoms in total. The molecule has 1 aromatic carbocycles. The van der Waals surface area contributed by atoms with Crippen LogP contribution in [0.5, 0.6) is 0 Å². The van der Waals surface area contributed by atoms with Crippen LogP contribution in [0.4, 0.5) is 11.4 Å². The lowest BCUT2D eigenvalue weighted by Gasteiger charge is -1.96. The summed E-state index contributed by atoms with van der Waals surface area (Å²) >= 11 is 0. The maximum absolute atomic E-state index is 10.5. The van der Waals surface area contributed by atoms with Gasteiger partial charge in [0.05, 0.1) is 4.92 Å². The molecule has 0 saturated heterocycles. The van der Waals surface area contributed by atoms with Gasteiger partial charge in [0.15, 0.2) is 6.29 Å². The van der Waals surface area contributed by atoms with Crippen molar-refractivity contribution in [1.29, 1.82) is 0 Å². The summed E-state index contributed by atoms with van der Waals surface area (Å²) in [5.41, 5.74) is 5.64. The normalized spacial score (nSPS) is 8.57. The molecule has 5 heteroatoms. The van der Waals surface area contributed by atoms with Gasteiger partial charge in [-0.1, -0.05) is 5.92 Å². The Morgan fingerprint density at radius 2 is 2.21 bits per heavy atom. The van der Waals surface area contributed by atoms with E-state index < -0.39 is 4.92 Å². The Labute approximate surface area is 79.7 Å². The van der Waals surface area contributed by atoms with Crippen molar-refractivity contribution >= 4 is 17.7 Å². The number of hydrogen-bond donors (Lipinski definition) is 1. The van der Waals surface area contributed by atoms with Crippen LogP contribution in [0, 0.1) is 22.0 Å². The van der Waals surface area contributed by atoms with Crippen molar-refractivity contribution in [3.8, 4) is 11.8 Å². The van der Waals surface area contributed by atoms with Crippen LogP contribution in [0.2, 0.25) is 0 Å². The van der Waals surface area contributed by atoms with Gasteiger partial charge < -0.3 is 5.73 Å². The van der Waals surface area contributed by atoms with Crippen LogP contribution in [-0.4, -0.2) is 11.2 Å². The fraction of sp³-hybridized carbons (Fsp3) is 0. The fourth-order valence-electron chi connectivity index (χ4n) is 0.913. The first kappa shape index (κ1) is 9.74.